The number of rotatable bonds is 106. The molecule has 0 bridgehead atoms. The highest BCUT2D eigenvalue weighted by Gasteiger charge is 2.26. The van der Waals surface area contributed by atoms with E-state index in [-0.39, 0.29) is 13.2 Å². The van der Waals surface area contributed by atoms with Crippen molar-refractivity contribution in [1.29, 1.82) is 0 Å². The van der Waals surface area contributed by atoms with Crippen LogP contribution in [0.4, 0.5) is 0 Å². The average Bonchev–Trinajstić information content (AvgIpc) is 0.817. The monoisotopic (exact) mass is 1800 g/mol. The molecule has 750 valence electrons. The fourth-order valence-corrected chi connectivity index (χ4v) is 18.0. The Hall–Kier alpha value is -3.86. The van der Waals surface area contributed by atoms with E-state index in [1.165, 1.54) is 462 Å². The predicted molar refractivity (Wildman–Crippen MR) is 553 cm³/mol. The zero-order valence-corrected chi connectivity index (χ0v) is 86.6. The summed E-state index contributed by atoms with van der Waals surface area (Å²) in [7, 11) is 0. The molecule has 0 aliphatic heterocycles. The molecule has 11 nitrogen and oxygen atoms in total. The van der Waals surface area contributed by atoms with Crippen LogP contribution in [0.2, 0.25) is 0 Å². The van der Waals surface area contributed by atoms with Crippen LogP contribution in [0.3, 0.4) is 0 Å². The Kier molecular flexibility index (Phi) is 91.7. The van der Waals surface area contributed by atoms with E-state index in [4.69, 9.17) is 42.6 Å². The van der Waals surface area contributed by atoms with Crippen molar-refractivity contribution in [1.82, 2.24) is 0 Å². The van der Waals surface area contributed by atoms with E-state index in [0.717, 1.165) is 89.9 Å². The molecule has 0 aliphatic carbocycles. The molecule has 128 heavy (non-hydrogen) atoms. The van der Waals surface area contributed by atoms with E-state index in [9.17, 15) is 4.79 Å². The Bertz CT molecular complexity index is 2500. The average molecular weight is 1800 g/mol. The number of hydrogen-bond donors (Lipinski definition) is 0. The second kappa shape index (κ2) is 97.7. The van der Waals surface area contributed by atoms with Crippen molar-refractivity contribution in [3.8, 4) is 34.5 Å². The Balaban J connectivity index is 2.55. The first kappa shape index (κ1) is 120. The van der Waals surface area contributed by atoms with Crippen LogP contribution in [-0.2, 0) is 14.2 Å². The molecule has 1 atom stereocenters. The van der Waals surface area contributed by atoms with Gasteiger partial charge in [-0.3, -0.25) is 0 Å². The lowest BCUT2D eigenvalue weighted by Gasteiger charge is -2.21. The van der Waals surface area contributed by atoms with Crippen LogP contribution in [-0.4, -0.2) is 77.5 Å². The summed E-state index contributed by atoms with van der Waals surface area (Å²) in [5.74, 6) is 2.06. The number of benzene rings is 2. The van der Waals surface area contributed by atoms with E-state index in [1.54, 1.807) is 24.3 Å². The van der Waals surface area contributed by atoms with Gasteiger partial charge in [-0.2, -0.15) is 0 Å². The highest BCUT2D eigenvalue weighted by molar-refractivity contribution is 5.92. The van der Waals surface area contributed by atoms with Crippen LogP contribution >= 0.6 is 0 Å². The minimum absolute atomic E-state index is 0.0531. The molecule has 2 rings (SSSR count). The molecule has 11 heteroatoms. The zero-order valence-electron chi connectivity index (χ0n) is 86.6. The first-order chi connectivity index (χ1) is 63.4. The summed E-state index contributed by atoms with van der Waals surface area (Å²) >= 11 is 0. The molecule has 0 N–H and O–H groups in total. The van der Waals surface area contributed by atoms with Crippen molar-refractivity contribution < 1.29 is 52.2 Å². The first-order valence-electron chi connectivity index (χ1n) is 57.5. The summed E-state index contributed by atoms with van der Waals surface area (Å²) in [6, 6.07) is 7.20. The van der Waals surface area contributed by atoms with Crippen molar-refractivity contribution in [2.45, 2.75) is 607 Å². The van der Waals surface area contributed by atoms with E-state index in [0.29, 0.717) is 91.9 Å². The van der Waals surface area contributed by atoms with Gasteiger partial charge in [0.25, 0.3) is 0 Å². The second-order valence-corrected chi connectivity index (χ2v) is 39.3. The summed E-state index contributed by atoms with van der Waals surface area (Å²) in [4.78, 5) is 30.1. The maximum Gasteiger partial charge on any atom is 0.338 e. The maximum absolute atomic E-state index is 15.1. The van der Waals surface area contributed by atoms with Gasteiger partial charge in [0.2, 0.25) is 11.5 Å². The van der Waals surface area contributed by atoms with E-state index >= 15 is 4.79 Å². The highest BCUT2D eigenvalue weighted by atomic mass is 16.6. The van der Waals surface area contributed by atoms with Crippen molar-refractivity contribution in [2.24, 2.45) is 0 Å². The summed E-state index contributed by atoms with van der Waals surface area (Å²) < 4.78 is 60.0. The largest absolute Gasteiger partial charge is 0.490 e. The smallest absolute Gasteiger partial charge is 0.338 e. The summed E-state index contributed by atoms with van der Waals surface area (Å²) in [6.07, 6.45) is 109. The molecular weight excluding hydrogens is 1580 g/mol. The van der Waals surface area contributed by atoms with Crippen LogP contribution < -0.4 is 28.4 Å². The first-order valence-corrected chi connectivity index (χ1v) is 57.5. The Morgan fingerprint density at radius 1 is 0.188 bits per heavy atom. The number of ether oxygens (including phenoxy) is 9. The molecule has 0 aliphatic rings. The lowest BCUT2D eigenvalue weighted by molar-refractivity contribution is -0.0326. The number of hydrogen-bond acceptors (Lipinski definition) is 11. The Morgan fingerprint density at radius 3 is 0.539 bits per heavy atom. The summed E-state index contributed by atoms with van der Waals surface area (Å²) in [5.41, 5.74) is 0.611. The SMILES string of the molecule is CCCCCCCCCCCCCCCCOc1cc(C(=O)OCC(COCCCC)OC(=O)c2cc(OCCCCCCCCCCCCCCCC)c(OCCCCCCCCCCCCCCCC)c(OCCCCCCCCCCCCCCCC)c2)cc(OCCCCCCCCCCCCCCCC)c1OCCCCCCCCCCCCCCCC. The molecule has 0 saturated carbocycles. The minimum atomic E-state index is -0.917. The molecule has 0 amide bonds. The lowest BCUT2D eigenvalue weighted by atomic mass is 10.0. The van der Waals surface area contributed by atoms with Crippen LogP contribution in [0.5, 0.6) is 34.5 Å². The number of carbonyl (C=O) groups is 2. The quantitative estimate of drug-likeness (QED) is 0.0465. The van der Waals surface area contributed by atoms with Gasteiger partial charge in [-0.15, -0.1) is 0 Å². The molecule has 1 unspecified atom stereocenters. The normalized spacial score (nSPS) is 11.8. The number of esters is 2. The molecular formula is C117H216O11. The molecule has 0 fully saturated rings. The van der Waals surface area contributed by atoms with Crippen molar-refractivity contribution in [2.75, 3.05) is 59.5 Å². The van der Waals surface area contributed by atoms with E-state index in [1.807, 2.05) is 0 Å². The Labute approximate surface area is 795 Å². The molecule has 2 aromatic carbocycles. The fourth-order valence-electron chi connectivity index (χ4n) is 18.0. The van der Waals surface area contributed by atoms with Gasteiger partial charge in [0.15, 0.2) is 29.1 Å². The fraction of sp³-hybridized carbons (Fsp3) is 0.880. The summed E-state index contributed by atoms with van der Waals surface area (Å²) in [5, 5.41) is 0. The molecule has 0 saturated heterocycles. The molecule has 0 radical (unpaired) electrons. The van der Waals surface area contributed by atoms with Crippen molar-refractivity contribution in [3.05, 3.63) is 35.4 Å². The molecule has 0 spiro atoms. The molecule has 2 aromatic rings. The van der Waals surface area contributed by atoms with Crippen LogP contribution in [0.25, 0.3) is 0 Å². The third-order valence-electron chi connectivity index (χ3n) is 26.6. The maximum atomic E-state index is 15.1. The van der Waals surface area contributed by atoms with Crippen LogP contribution in [0.15, 0.2) is 24.3 Å². The van der Waals surface area contributed by atoms with Crippen molar-refractivity contribution in [3.63, 3.8) is 0 Å². The second-order valence-electron chi connectivity index (χ2n) is 39.3. The minimum Gasteiger partial charge on any atom is -0.490 e. The number of unbranched alkanes of at least 4 members (excludes halogenated alkanes) is 79. The zero-order chi connectivity index (χ0) is 91.7. The van der Waals surface area contributed by atoms with E-state index < -0.39 is 18.0 Å². The predicted octanol–water partition coefficient (Wildman–Crippen LogP) is 39.0. The van der Waals surface area contributed by atoms with Gasteiger partial charge < -0.3 is 42.6 Å². The molecule has 0 aromatic heterocycles. The van der Waals surface area contributed by atoms with Gasteiger partial charge in [0.1, 0.15) is 6.61 Å². The third kappa shape index (κ3) is 76.4. The summed E-state index contributed by atoms with van der Waals surface area (Å²) in [6.45, 7) is 19.3. The van der Waals surface area contributed by atoms with Crippen LogP contribution in [0.1, 0.15) is 621 Å². The number of carbonyl (C=O) groups excluding carboxylic acids is 2. The van der Waals surface area contributed by atoms with Gasteiger partial charge >= 0.3 is 11.9 Å². The molecule has 0 heterocycles. The van der Waals surface area contributed by atoms with Gasteiger partial charge in [-0.25, -0.2) is 9.59 Å². The highest BCUT2D eigenvalue weighted by Crippen LogP contribution is 2.42. The third-order valence-corrected chi connectivity index (χ3v) is 26.6. The van der Waals surface area contributed by atoms with Crippen LogP contribution in [0, 0.1) is 0 Å². The standard InChI is InChI=1S/C117H216O11/c1-8-15-22-28-34-40-46-52-58-64-70-76-82-88-95-121-110-101-107(102-111(122-96-89-83-77-71-65-59-53-47-41-35-29-23-16-9-2)114(110)125-99-92-86-80-74-68-62-56-50-44-38-32-26-19-12-5)116(118)127-106-109(105-120-94-21-14-7)128-117(119)108-103-112(123-97-90-84-78-72-66-60-54-48-42-36-30-24-17-10-3)115(126-100-93-87-81-75-69-63-57-51-45-39-33-27-20-13-6)113(104-108)124-98-91-85-79-73-67-61-55-49-43-37-31-25-18-11-4/h101-104,109H,8-100,105-106H2,1-7H3. The topological polar surface area (TPSA) is 117 Å². The van der Waals surface area contributed by atoms with Gasteiger partial charge in [-0.05, 0) is 69.2 Å². The van der Waals surface area contributed by atoms with Gasteiger partial charge in [0.05, 0.1) is 57.4 Å². The van der Waals surface area contributed by atoms with E-state index in [2.05, 4.69) is 48.5 Å². The lowest BCUT2D eigenvalue weighted by Crippen LogP contribution is -2.30. The van der Waals surface area contributed by atoms with Crippen molar-refractivity contribution >= 4 is 11.9 Å². The van der Waals surface area contributed by atoms with Gasteiger partial charge in [0, 0.05) is 6.61 Å². The van der Waals surface area contributed by atoms with Gasteiger partial charge in [-0.1, -0.05) is 556 Å². The Morgan fingerprint density at radius 2 is 0.352 bits per heavy atom.